The van der Waals surface area contributed by atoms with E-state index in [1.165, 1.54) is 7.11 Å². The van der Waals surface area contributed by atoms with Gasteiger partial charge in [-0.25, -0.2) is 0 Å². The second-order valence-corrected chi connectivity index (χ2v) is 9.73. The molecular formula is C27H29N3O4S. The molecule has 0 aromatic heterocycles. The summed E-state index contributed by atoms with van der Waals surface area (Å²) in [4.78, 5) is 38.2. The Kier molecular flexibility index (Phi) is 8.36. The van der Waals surface area contributed by atoms with E-state index in [0.29, 0.717) is 11.5 Å². The molecule has 0 aliphatic carbocycles. The van der Waals surface area contributed by atoms with Crippen molar-refractivity contribution in [3.8, 4) is 6.07 Å². The Bertz CT molecular complexity index is 1190. The van der Waals surface area contributed by atoms with Gasteiger partial charge in [0.05, 0.1) is 29.5 Å². The molecule has 182 valence electrons. The number of anilines is 1. The maximum Gasteiger partial charge on any atom is 0.319 e. The number of nitriles is 1. The zero-order chi connectivity index (χ0) is 25.7. The normalized spacial score (nSPS) is 17.6. The molecule has 0 bridgehead atoms. The zero-order valence-corrected chi connectivity index (χ0v) is 21.3. The Morgan fingerprint density at radius 1 is 1.14 bits per heavy atom. The number of allylic oxidation sites excluding steroid dienone is 1. The first-order chi connectivity index (χ1) is 16.7. The highest BCUT2D eigenvalue weighted by atomic mass is 32.2. The summed E-state index contributed by atoms with van der Waals surface area (Å²) in [6, 6.07) is 15.4. The van der Waals surface area contributed by atoms with Crippen molar-refractivity contribution >= 4 is 35.2 Å². The number of benzene rings is 2. The van der Waals surface area contributed by atoms with Crippen molar-refractivity contribution in [2.45, 2.75) is 39.5 Å². The molecule has 0 radical (unpaired) electrons. The van der Waals surface area contributed by atoms with E-state index in [9.17, 15) is 19.6 Å². The van der Waals surface area contributed by atoms with Crippen LogP contribution in [0.25, 0.3) is 0 Å². The number of hydrogen-bond donors (Lipinski definition) is 2. The van der Waals surface area contributed by atoms with E-state index in [-0.39, 0.29) is 22.3 Å². The molecule has 2 atom stereocenters. The number of methoxy groups -OCH3 is 1. The van der Waals surface area contributed by atoms with Crippen LogP contribution in [-0.4, -0.2) is 30.6 Å². The van der Waals surface area contributed by atoms with Gasteiger partial charge in [-0.05, 0) is 42.0 Å². The lowest BCUT2D eigenvalue weighted by molar-refractivity contribution is -0.150. The molecule has 1 heterocycles. The number of carbonyl (C=O) groups excluding carboxylic acids is 3. The predicted molar refractivity (Wildman–Crippen MR) is 137 cm³/mol. The van der Waals surface area contributed by atoms with E-state index < -0.39 is 23.7 Å². The van der Waals surface area contributed by atoms with Crippen molar-refractivity contribution in [3.05, 3.63) is 75.3 Å². The number of esters is 1. The molecule has 0 spiro atoms. The summed E-state index contributed by atoms with van der Waals surface area (Å²) < 4.78 is 4.89. The lowest BCUT2D eigenvalue weighted by Gasteiger charge is -2.31. The lowest BCUT2D eigenvalue weighted by atomic mass is 9.78. The molecule has 2 aromatic rings. The second-order valence-electron chi connectivity index (χ2n) is 8.75. The number of nitrogens with zero attached hydrogens (tertiary/aromatic N) is 1. The first-order valence-corrected chi connectivity index (χ1v) is 12.3. The van der Waals surface area contributed by atoms with Crippen LogP contribution in [0.1, 0.15) is 47.9 Å². The summed E-state index contributed by atoms with van der Waals surface area (Å²) in [7, 11) is 1.21. The van der Waals surface area contributed by atoms with Crippen LogP contribution in [0.15, 0.2) is 53.1 Å². The standard InChI is InChI=1S/C27H29N3O4S/c1-15(2)18-9-11-19(12-10-18)22-20(13-28)26(30-25(32)23(22)27(33)34-5)35-14-21(31)29-24-16(3)7-6-8-17(24)4/h6-12,15,22-23H,14H2,1-5H3,(H,29,31)(H,30,32)/t22-,23+/m1/s1. The number of ether oxygens (including phenoxy) is 1. The minimum absolute atomic E-state index is 0.0174. The largest absolute Gasteiger partial charge is 0.468 e. The van der Waals surface area contributed by atoms with Gasteiger partial charge in [-0.3, -0.25) is 14.4 Å². The molecule has 35 heavy (non-hydrogen) atoms. The van der Waals surface area contributed by atoms with Crippen LogP contribution in [0, 0.1) is 31.1 Å². The number of hydrogen-bond acceptors (Lipinski definition) is 6. The number of rotatable bonds is 7. The average Bonchev–Trinajstić information content (AvgIpc) is 2.84. The third kappa shape index (κ3) is 5.75. The van der Waals surface area contributed by atoms with Gasteiger partial charge in [-0.15, -0.1) is 0 Å². The summed E-state index contributed by atoms with van der Waals surface area (Å²) in [5.74, 6) is -3.27. The molecule has 0 unspecified atom stereocenters. The Morgan fingerprint density at radius 3 is 2.31 bits per heavy atom. The van der Waals surface area contributed by atoms with Gasteiger partial charge >= 0.3 is 5.97 Å². The predicted octanol–water partition coefficient (Wildman–Crippen LogP) is 4.54. The second kappa shape index (κ2) is 11.2. The van der Waals surface area contributed by atoms with Gasteiger partial charge in [0.15, 0.2) is 0 Å². The minimum Gasteiger partial charge on any atom is -0.468 e. The summed E-state index contributed by atoms with van der Waals surface area (Å²) in [5.41, 5.74) is 4.61. The number of amides is 2. The van der Waals surface area contributed by atoms with Gasteiger partial charge in [-0.2, -0.15) is 5.26 Å². The Labute approximate surface area is 209 Å². The van der Waals surface area contributed by atoms with Crippen molar-refractivity contribution in [1.29, 1.82) is 5.26 Å². The van der Waals surface area contributed by atoms with Crippen molar-refractivity contribution in [2.75, 3.05) is 18.2 Å². The van der Waals surface area contributed by atoms with E-state index in [1.54, 1.807) is 0 Å². The van der Waals surface area contributed by atoms with Gasteiger partial charge in [0.1, 0.15) is 5.92 Å². The van der Waals surface area contributed by atoms with Gasteiger partial charge in [0.25, 0.3) is 0 Å². The molecule has 8 heteroatoms. The molecule has 7 nitrogen and oxygen atoms in total. The number of nitrogens with one attached hydrogen (secondary N) is 2. The van der Waals surface area contributed by atoms with Crippen molar-refractivity contribution < 1.29 is 19.1 Å². The third-order valence-corrected chi connectivity index (χ3v) is 7.06. The van der Waals surface area contributed by atoms with Gasteiger partial charge in [0.2, 0.25) is 11.8 Å². The maximum atomic E-state index is 13.0. The molecular weight excluding hydrogens is 462 g/mol. The van der Waals surface area contributed by atoms with Gasteiger partial charge < -0.3 is 15.4 Å². The molecule has 0 saturated carbocycles. The van der Waals surface area contributed by atoms with E-state index in [0.717, 1.165) is 34.1 Å². The Hall–Kier alpha value is -3.57. The highest BCUT2D eigenvalue weighted by molar-refractivity contribution is 8.03. The van der Waals surface area contributed by atoms with Gasteiger partial charge in [0, 0.05) is 11.6 Å². The molecule has 1 aliphatic heterocycles. The van der Waals surface area contributed by atoms with Crippen LogP contribution in [0.5, 0.6) is 0 Å². The summed E-state index contributed by atoms with van der Waals surface area (Å²) in [6.07, 6.45) is 0. The van der Waals surface area contributed by atoms with Crippen LogP contribution in [-0.2, 0) is 19.1 Å². The van der Waals surface area contributed by atoms with Crippen LogP contribution < -0.4 is 10.6 Å². The number of para-hydroxylation sites is 1. The van der Waals surface area contributed by atoms with Crippen molar-refractivity contribution in [2.24, 2.45) is 5.92 Å². The molecule has 0 saturated heterocycles. The highest BCUT2D eigenvalue weighted by Gasteiger charge is 2.44. The topological polar surface area (TPSA) is 108 Å². The lowest BCUT2D eigenvalue weighted by Crippen LogP contribution is -2.44. The molecule has 0 fully saturated rings. The number of aryl methyl sites for hydroxylation is 2. The fourth-order valence-electron chi connectivity index (χ4n) is 4.09. The first-order valence-electron chi connectivity index (χ1n) is 11.3. The van der Waals surface area contributed by atoms with E-state index in [4.69, 9.17) is 4.74 Å². The maximum absolute atomic E-state index is 13.0. The van der Waals surface area contributed by atoms with E-state index >= 15 is 0 Å². The molecule has 1 aliphatic rings. The highest BCUT2D eigenvalue weighted by Crippen LogP contribution is 2.40. The van der Waals surface area contributed by atoms with Crippen LogP contribution in [0.2, 0.25) is 0 Å². The molecule has 2 aromatic carbocycles. The quantitative estimate of drug-likeness (QED) is 0.435. The van der Waals surface area contributed by atoms with Crippen LogP contribution in [0.4, 0.5) is 5.69 Å². The fraction of sp³-hybridized carbons (Fsp3) is 0.333. The number of carbonyl (C=O) groups is 3. The molecule has 2 amide bonds. The zero-order valence-electron chi connectivity index (χ0n) is 20.5. The SMILES string of the molecule is COC(=O)[C@@H]1C(=O)NC(SCC(=O)Nc2c(C)cccc2C)=C(C#N)[C@H]1c1ccc(C(C)C)cc1. The third-order valence-electron chi connectivity index (χ3n) is 6.04. The average molecular weight is 492 g/mol. The summed E-state index contributed by atoms with van der Waals surface area (Å²) >= 11 is 1.06. The van der Waals surface area contributed by atoms with Gasteiger partial charge in [-0.1, -0.05) is 68.1 Å². The van der Waals surface area contributed by atoms with E-state index in [2.05, 4.69) is 30.6 Å². The first kappa shape index (κ1) is 26.0. The molecule has 3 rings (SSSR count). The van der Waals surface area contributed by atoms with E-state index in [1.807, 2.05) is 56.3 Å². The number of thioether (sulfide) groups is 1. The summed E-state index contributed by atoms with van der Waals surface area (Å²) in [6.45, 7) is 7.96. The van der Waals surface area contributed by atoms with Crippen molar-refractivity contribution in [3.63, 3.8) is 0 Å². The monoisotopic (exact) mass is 491 g/mol. The molecule has 2 N–H and O–H groups in total. The Morgan fingerprint density at radius 2 is 1.77 bits per heavy atom. The fourth-order valence-corrected chi connectivity index (χ4v) is 4.94. The Balaban J connectivity index is 1.92. The minimum atomic E-state index is -1.20. The smallest absolute Gasteiger partial charge is 0.319 e. The van der Waals surface area contributed by atoms with Crippen LogP contribution in [0.3, 0.4) is 0 Å². The summed E-state index contributed by atoms with van der Waals surface area (Å²) in [5, 5.41) is 15.9. The van der Waals surface area contributed by atoms with Crippen LogP contribution >= 0.6 is 11.8 Å². The van der Waals surface area contributed by atoms with Crippen molar-refractivity contribution in [1.82, 2.24) is 5.32 Å².